The number of benzene rings is 1. The standard InChI is InChI=1S/C15H20N2O4/c18-13(8-4-5-9-14(19)20)17-15(21)16-11-10-12-6-2-1-3-7-12/h1-3,6-7H,4-5,8-11H2,(H,19,20)(H2,16,17,18,21). The molecule has 1 aromatic rings. The number of carboxylic acid groups (broad SMARTS) is 1. The first kappa shape index (κ1) is 16.7. The molecule has 3 amide bonds. The predicted molar refractivity (Wildman–Crippen MR) is 77.8 cm³/mol. The fourth-order valence-corrected chi connectivity index (χ4v) is 1.76. The van der Waals surface area contributed by atoms with Gasteiger partial charge in [-0.2, -0.15) is 0 Å². The van der Waals surface area contributed by atoms with E-state index in [9.17, 15) is 14.4 Å². The molecule has 0 aromatic heterocycles. The average Bonchev–Trinajstić information content (AvgIpc) is 2.44. The fraction of sp³-hybridized carbons (Fsp3) is 0.400. The van der Waals surface area contributed by atoms with Crippen molar-refractivity contribution in [1.82, 2.24) is 10.6 Å². The van der Waals surface area contributed by atoms with E-state index in [1.165, 1.54) is 0 Å². The summed E-state index contributed by atoms with van der Waals surface area (Å²) in [5.74, 6) is -1.27. The van der Waals surface area contributed by atoms with Crippen molar-refractivity contribution in [2.24, 2.45) is 0 Å². The van der Waals surface area contributed by atoms with E-state index in [0.717, 1.165) is 5.56 Å². The van der Waals surface area contributed by atoms with Gasteiger partial charge < -0.3 is 10.4 Å². The fourth-order valence-electron chi connectivity index (χ4n) is 1.76. The number of rotatable bonds is 8. The van der Waals surface area contributed by atoms with Gasteiger partial charge in [-0.15, -0.1) is 0 Å². The zero-order valence-corrected chi connectivity index (χ0v) is 11.8. The molecule has 0 bridgehead atoms. The van der Waals surface area contributed by atoms with Gasteiger partial charge in [0.15, 0.2) is 0 Å². The van der Waals surface area contributed by atoms with E-state index in [4.69, 9.17) is 5.11 Å². The predicted octanol–water partition coefficient (Wildman–Crippen LogP) is 1.70. The molecule has 0 heterocycles. The van der Waals surface area contributed by atoms with E-state index in [1.54, 1.807) is 0 Å². The van der Waals surface area contributed by atoms with Gasteiger partial charge in [0, 0.05) is 19.4 Å². The summed E-state index contributed by atoms with van der Waals surface area (Å²) in [7, 11) is 0. The zero-order chi connectivity index (χ0) is 15.5. The molecule has 0 saturated carbocycles. The Balaban J connectivity index is 2.10. The molecule has 6 heteroatoms. The molecule has 0 atom stereocenters. The smallest absolute Gasteiger partial charge is 0.321 e. The number of hydrogen-bond acceptors (Lipinski definition) is 3. The Morgan fingerprint density at radius 3 is 2.33 bits per heavy atom. The number of carboxylic acids is 1. The first-order valence-corrected chi connectivity index (χ1v) is 6.91. The van der Waals surface area contributed by atoms with Crippen LogP contribution in [0.15, 0.2) is 30.3 Å². The highest BCUT2D eigenvalue weighted by atomic mass is 16.4. The number of imide groups is 1. The maximum absolute atomic E-state index is 11.4. The Morgan fingerprint density at radius 2 is 1.67 bits per heavy atom. The Hall–Kier alpha value is -2.37. The van der Waals surface area contributed by atoms with Crippen LogP contribution < -0.4 is 10.6 Å². The number of carbonyl (C=O) groups is 3. The number of nitrogens with one attached hydrogen (secondary N) is 2. The van der Waals surface area contributed by atoms with Gasteiger partial charge in [-0.1, -0.05) is 30.3 Å². The summed E-state index contributed by atoms with van der Waals surface area (Å²) in [5.41, 5.74) is 1.11. The third-order valence-electron chi connectivity index (χ3n) is 2.84. The molecular formula is C15H20N2O4. The van der Waals surface area contributed by atoms with Gasteiger partial charge >= 0.3 is 12.0 Å². The summed E-state index contributed by atoms with van der Waals surface area (Å²) in [6.07, 6.45) is 1.77. The van der Waals surface area contributed by atoms with Crippen LogP contribution in [0.25, 0.3) is 0 Å². The lowest BCUT2D eigenvalue weighted by atomic mass is 10.1. The molecule has 21 heavy (non-hydrogen) atoms. The van der Waals surface area contributed by atoms with E-state index >= 15 is 0 Å². The van der Waals surface area contributed by atoms with Crippen LogP contribution in [0.2, 0.25) is 0 Å². The Bertz CT molecular complexity index is 474. The minimum Gasteiger partial charge on any atom is -0.481 e. The number of urea groups is 1. The van der Waals surface area contributed by atoms with Gasteiger partial charge in [-0.25, -0.2) is 4.79 Å². The maximum Gasteiger partial charge on any atom is 0.321 e. The van der Waals surface area contributed by atoms with Crippen molar-refractivity contribution in [3.05, 3.63) is 35.9 Å². The van der Waals surface area contributed by atoms with Gasteiger partial charge in [0.25, 0.3) is 0 Å². The summed E-state index contributed by atoms with van der Waals surface area (Å²) in [6.45, 7) is 0.447. The molecular weight excluding hydrogens is 272 g/mol. The van der Waals surface area contributed by atoms with E-state index in [0.29, 0.717) is 25.8 Å². The van der Waals surface area contributed by atoms with Crippen molar-refractivity contribution in [1.29, 1.82) is 0 Å². The SMILES string of the molecule is O=C(O)CCCCC(=O)NC(=O)NCCc1ccccc1. The molecule has 6 nitrogen and oxygen atoms in total. The van der Waals surface area contributed by atoms with Crippen molar-refractivity contribution >= 4 is 17.9 Å². The van der Waals surface area contributed by atoms with E-state index in [1.807, 2.05) is 30.3 Å². The van der Waals surface area contributed by atoms with Gasteiger partial charge in [-0.3, -0.25) is 14.9 Å². The summed E-state index contributed by atoms with van der Waals surface area (Å²) < 4.78 is 0. The highest BCUT2D eigenvalue weighted by molar-refractivity contribution is 5.94. The minimum absolute atomic E-state index is 0.0382. The molecule has 0 aliphatic carbocycles. The van der Waals surface area contributed by atoms with Crippen LogP contribution in [0, 0.1) is 0 Å². The maximum atomic E-state index is 11.4. The van der Waals surface area contributed by atoms with Crippen LogP contribution in [-0.4, -0.2) is 29.6 Å². The quantitative estimate of drug-likeness (QED) is 0.635. The van der Waals surface area contributed by atoms with Gasteiger partial charge in [0.2, 0.25) is 5.91 Å². The molecule has 0 unspecified atom stereocenters. The summed E-state index contributed by atoms with van der Waals surface area (Å²) in [6, 6.07) is 9.19. The minimum atomic E-state index is -0.880. The summed E-state index contributed by atoms with van der Waals surface area (Å²) in [5, 5.41) is 13.3. The first-order valence-electron chi connectivity index (χ1n) is 6.91. The number of hydrogen-bond donors (Lipinski definition) is 3. The van der Waals surface area contributed by atoms with E-state index in [-0.39, 0.29) is 12.8 Å². The molecule has 1 aromatic carbocycles. The van der Waals surface area contributed by atoms with Gasteiger partial charge in [0.1, 0.15) is 0 Å². The lowest BCUT2D eigenvalue weighted by molar-refractivity contribution is -0.137. The van der Waals surface area contributed by atoms with Crippen LogP contribution in [0.4, 0.5) is 4.79 Å². The molecule has 0 saturated heterocycles. The van der Waals surface area contributed by atoms with Crippen LogP contribution in [0.3, 0.4) is 0 Å². The topological polar surface area (TPSA) is 95.5 Å². The van der Waals surface area contributed by atoms with Crippen LogP contribution in [0.1, 0.15) is 31.2 Å². The zero-order valence-electron chi connectivity index (χ0n) is 11.8. The van der Waals surface area contributed by atoms with Gasteiger partial charge in [0.05, 0.1) is 0 Å². The summed E-state index contributed by atoms with van der Waals surface area (Å²) in [4.78, 5) is 33.2. The summed E-state index contributed by atoms with van der Waals surface area (Å²) >= 11 is 0. The van der Waals surface area contributed by atoms with Crippen molar-refractivity contribution in [2.45, 2.75) is 32.1 Å². The highest BCUT2D eigenvalue weighted by Crippen LogP contribution is 2.00. The second-order valence-electron chi connectivity index (χ2n) is 4.64. The lowest BCUT2D eigenvalue weighted by Crippen LogP contribution is -2.40. The Morgan fingerprint density at radius 1 is 1.00 bits per heavy atom. The Labute approximate surface area is 123 Å². The molecule has 0 spiro atoms. The van der Waals surface area contributed by atoms with Crippen molar-refractivity contribution in [2.75, 3.05) is 6.54 Å². The number of carbonyl (C=O) groups excluding carboxylic acids is 2. The molecule has 0 aliphatic rings. The molecule has 3 N–H and O–H groups in total. The third kappa shape index (κ3) is 8.41. The van der Waals surface area contributed by atoms with E-state index < -0.39 is 17.9 Å². The molecule has 0 fully saturated rings. The molecule has 0 radical (unpaired) electrons. The average molecular weight is 292 g/mol. The van der Waals surface area contributed by atoms with Crippen LogP contribution in [0.5, 0.6) is 0 Å². The van der Waals surface area contributed by atoms with Crippen molar-refractivity contribution in [3.8, 4) is 0 Å². The molecule has 0 aliphatic heterocycles. The first-order chi connectivity index (χ1) is 10.1. The van der Waals surface area contributed by atoms with Gasteiger partial charge in [-0.05, 0) is 24.8 Å². The van der Waals surface area contributed by atoms with Crippen LogP contribution >= 0.6 is 0 Å². The second kappa shape index (κ2) is 9.52. The number of unbranched alkanes of at least 4 members (excludes halogenated alkanes) is 1. The largest absolute Gasteiger partial charge is 0.481 e. The number of amides is 3. The lowest BCUT2D eigenvalue weighted by Gasteiger charge is -2.06. The monoisotopic (exact) mass is 292 g/mol. The molecule has 114 valence electrons. The highest BCUT2D eigenvalue weighted by Gasteiger charge is 2.07. The third-order valence-corrected chi connectivity index (χ3v) is 2.84. The normalized spacial score (nSPS) is 9.90. The van der Waals surface area contributed by atoms with Crippen LogP contribution in [-0.2, 0) is 16.0 Å². The molecule has 1 rings (SSSR count). The van der Waals surface area contributed by atoms with E-state index in [2.05, 4.69) is 10.6 Å². The van der Waals surface area contributed by atoms with Crippen molar-refractivity contribution in [3.63, 3.8) is 0 Å². The Kier molecular flexibility index (Phi) is 7.56. The van der Waals surface area contributed by atoms with Crippen molar-refractivity contribution < 1.29 is 19.5 Å². The number of aliphatic carboxylic acids is 1. The second-order valence-corrected chi connectivity index (χ2v) is 4.64.